The Hall–Kier alpha value is -3.86. The minimum atomic E-state index is -0.709. The minimum absolute atomic E-state index is 0.112. The normalized spacial score (nSPS) is 17.0. The molecule has 1 fully saturated rings. The Morgan fingerprint density at radius 1 is 0.944 bits per heavy atom. The number of Topliss-reactive ketones (excluding diaryl/α,β-unsaturated/α-hetero) is 1. The molecule has 0 spiro atoms. The molecule has 5 heteroatoms. The number of ether oxygens (including phenoxy) is 1. The fourth-order valence-electron chi connectivity index (χ4n) is 4.59. The number of carbonyl (C=O) groups is 2. The fourth-order valence-corrected chi connectivity index (χ4v) is 4.59. The van der Waals surface area contributed by atoms with E-state index in [1.54, 1.807) is 4.90 Å². The number of ketones is 1. The number of aliphatic hydroxyl groups excluding tert-OH is 1. The van der Waals surface area contributed by atoms with Gasteiger partial charge in [-0.2, -0.15) is 0 Å². The molecule has 0 aromatic heterocycles. The summed E-state index contributed by atoms with van der Waals surface area (Å²) in [7, 11) is 0. The van der Waals surface area contributed by atoms with Crippen molar-refractivity contribution >= 4 is 17.4 Å². The van der Waals surface area contributed by atoms with E-state index in [0.717, 1.165) is 47.3 Å². The quantitative estimate of drug-likeness (QED) is 0.163. The highest BCUT2D eigenvalue weighted by Gasteiger charge is 2.46. The number of unbranched alkanes of at least 4 members (excludes halogenated alkanes) is 2. The average molecular weight is 484 g/mol. The Morgan fingerprint density at radius 2 is 1.67 bits per heavy atom. The number of likely N-dealkylation sites (tertiary alicyclic amines) is 1. The highest BCUT2D eigenvalue weighted by Crippen LogP contribution is 2.41. The van der Waals surface area contributed by atoms with E-state index < -0.39 is 17.7 Å². The first-order valence-electron chi connectivity index (χ1n) is 12.5. The van der Waals surface area contributed by atoms with Gasteiger partial charge in [-0.15, -0.1) is 0 Å². The van der Waals surface area contributed by atoms with Crippen molar-refractivity contribution in [2.45, 2.75) is 52.6 Å². The Kier molecular flexibility index (Phi) is 7.89. The fraction of sp³-hybridized carbons (Fsp3) is 0.290. The summed E-state index contributed by atoms with van der Waals surface area (Å²) in [5, 5.41) is 11.4. The molecule has 1 unspecified atom stereocenters. The van der Waals surface area contributed by atoms with Crippen LogP contribution in [0.2, 0.25) is 0 Å². The summed E-state index contributed by atoms with van der Waals surface area (Å²) in [4.78, 5) is 28.2. The van der Waals surface area contributed by atoms with E-state index in [2.05, 4.69) is 6.92 Å². The Bertz CT molecular complexity index is 1260. The molecule has 186 valence electrons. The van der Waals surface area contributed by atoms with Crippen molar-refractivity contribution in [1.82, 2.24) is 4.90 Å². The smallest absolute Gasteiger partial charge is 0.295 e. The SMILES string of the molecule is CCCCCOc1ccc(C2C(=C(O)c3cc(C)ccc3C)C(=O)C(=O)N2Cc2ccccc2)cc1. The van der Waals surface area contributed by atoms with Crippen molar-refractivity contribution in [3.8, 4) is 5.75 Å². The number of amides is 1. The number of benzene rings is 3. The molecule has 1 heterocycles. The predicted molar refractivity (Wildman–Crippen MR) is 142 cm³/mol. The Morgan fingerprint density at radius 3 is 2.36 bits per heavy atom. The standard InChI is InChI=1S/C31H33NO4/c1-4-5-9-18-36-25-16-14-24(15-17-25)28-27(29(33)26-19-21(2)12-13-22(26)3)30(34)31(35)32(28)20-23-10-7-6-8-11-23/h6-8,10-17,19,28,33H,4-5,9,18,20H2,1-3H3. The van der Waals surface area contributed by atoms with E-state index in [-0.39, 0.29) is 17.9 Å². The molecule has 1 aliphatic heterocycles. The van der Waals surface area contributed by atoms with Gasteiger partial charge < -0.3 is 14.7 Å². The van der Waals surface area contributed by atoms with Crippen LogP contribution >= 0.6 is 0 Å². The zero-order valence-electron chi connectivity index (χ0n) is 21.2. The summed E-state index contributed by atoms with van der Waals surface area (Å²) >= 11 is 0. The molecule has 0 bridgehead atoms. The lowest BCUT2D eigenvalue weighted by Crippen LogP contribution is -2.29. The monoisotopic (exact) mass is 483 g/mol. The summed E-state index contributed by atoms with van der Waals surface area (Å²) in [5.74, 6) is -0.691. The first-order chi connectivity index (χ1) is 17.4. The van der Waals surface area contributed by atoms with Gasteiger partial charge in [-0.1, -0.05) is 79.9 Å². The molecule has 0 aliphatic carbocycles. The molecular formula is C31H33NO4. The molecule has 4 rings (SSSR count). The highest BCUT2D eigenvalue weighted by molar-refractivity contribution is 6.46. The van der Waals surface area contributed by atoms with Crippen LogP contribution in [0.3, 0.4) is 0 Å². The highest BCUT2D eigenvalue weighted by atomic mass is 16.5. The van der Waals surface area contributed by atoms with Gasteiger partial charge in [0, 0.05) is 12.1 Å². The van der Waals surface area contributed by atoms with Crippen molar-refractivity contribution in [3.63, 3.8) is 0 Å². The van der Waals surface area contributed by atoms with Crippen LogP contribution in [-0.4, -0.2) is 28.3 Å². The molecule has 1 amide bonds. The number of rotatable bonds is 9. The summed E-state index contributed by atoms with van der Waals surface area (Å²) < 4.78 is 5.85. The van der Waals surface area contributed by atoms with Gasteiger partial charge in [-0.3, -0.25) is 9.59 Å². The number of hydrogen-bond acceptors (Lipinski definition) is 4. The maximum atomic E-state index is 13.3. The molecule has 1 saturated heterocycles. The first-order valence-corrected chi connectivity index (χ1v) is 12.5. The van der Waals surface area contributed by atoms with Gasteiger partial charge in [-0.05, 0) is 55.2 Å². The van der Waals surface area contributed by atoms with Gasteiger partial charge in [0.2, 0.25) is 0 Å². The van der Waals surface area contributed by atoms with E-state index in [1.165, 1.54) is 0 Å². The van der Waals surface area contributed by atoms with Gasteiger partial charge in [0.25, 0.3) is 11.7 Å². The molecule has 0 saturated carbocycles. The molecular weight excluding hydrogens is 450 g/mol. The van der Waals surface area contributed by atoms with E-state index in [4.69, 9.17) is 4.74 Å². The molecule has 36 heavy (non-hydrogen) atoms. The van der Waals surface area contributed by atoms with E-state index in [1.807, 2.05) is 86.6 Å². The lowest BCUT2D eigenvalue weighted by molar-refractivity contribution is -0.140. The van der Waals surface area contributed by atoms with E-state index >= 15 is 0 Å². The van der Waals surface area contributed by atoms with Gasteiger partial charge in [0.15, 0.2) is 0 Å². The third-order valence-corrected chi connectivity index (χ3v) is 6.60. The third kappa shape index (κ3) is 5.35. The second kappa shape index (κ2) is 11.3. The lowest BCUT2D eigenvalue weighted by Gasteiger charge is -2.26. The Balaban J connectivity index is 1.76. The number of aliphatic hydroxyl groups is 1. The third-order valence-electron chi connectivity index (χ3n) is 6.60. The van der Waals surface area contributed by atoms with E-state index in [9.17, 15) is 14.7 Å². The zero-order valence-corrected chi connectivity index (χ0v) is 21.2. The van der Waals surface area contributed by atoms with Crippen LogP contribution < -0.4 is 4.74 Å². The first kappa shape index (κ1) is 25.2. The van der Waals surface area contributed by atoms with Crippen molar-refractivity contribution in [2.24, 2.45) is 0 Å². The summed E-state index contributed by atoms with van der Waals surface area (Å²) in [5.41, 5.74) is 4.13. The van der Waals surface area contributed by atoms with Gasteiger partial charge >= 0.3 is 0 Å². The van der Waals surface area contributed by atoms with Gasteiger partial charge in [-0.25, -0.2) is 0 Å². The lowest BCUT2D eigenvalue weighted by atomic mass is 9.93. The molecule has 1 N–H and O–H groups in total. The second-order valence-corrected chi connectivity index (χ2v) is 9.36. The molecule has 1 aliphatic rings. The summed E-state index contributed by atoms with van der Waals surface area (Å²) in [6.45, 7) is 6.87. The van der Waals surface area contributed by atoms with Crippen LogP contribution in [0, 0.1) is 13.8 Å². The van der Waals surface area contributed by atoms with Crippen LogP contribution in [0.4, 0.5) is 0 Å². The molecule has 3 aromatic rings. The number of carbonyl (C=O) groups excluding carboxylic acids is 2. The maximum Gasteiger partial charge on any atom is 0.295 e. The zero-order chi connectivity index (χ0) is 25.7. The van der Waals surface area contributed by atoms with Crippen molar-refractivity contribution < 1.29 is 19.4 Å². The van der Waals surface area contributed by atoms with Crippen molar-refractivity contribution in [2.75, 3.05) is 6.61 Å². The van der Waals surface area contributed by atoms with Crippen LogP contribution in [0.5, 0.6) is 5.75 Å². The number of aryl methyl sites for hydroxylation is 2. The topological polar surface area (TPSA) is 66.8 Å². The molecule has 0 radical (unpaired) electrons. The molecule has 5 nitrogen and oxygen atoms in total. The Labute approximate surface area is 213 Å². The van der Waals surface area contributed by atoms with Crippen molar-refractivity contribution in [3.05, 3.63) is 106 Å². The minimum Gasteiger partial charge on any atom is -0.507 e. The van der Waals surface area contributed by atoms with Crippen LogP contribution in [0.15, 0.2) is 78.4 Å². The largest absolute Gasteiger partial charge is 0.507 e. The van der Waals surface area contributed by atoms with Crippen LogP contribution in [0.25, 0.3) is 5.76 Å². The van der Waals surface area contributed by atoms with Crippen LogP contribution in [-0.2, 0) is 16.1 Å². The predicted octanol–water partition coefficient (Wildman–Crippen LogP) is 6.49. The summed E-state index contributed by atoms with van der Waals surface area (Å²) in [6.07, 6.45) is 3.23. The van der Waals surface area contributed by atoms with Gasteiger partial charge in [0.1, 0.15) is 11.5 Å². The van der Waals surface area contributed by atoms with Gasteiger partial charge in [0.05, 0.1) is 18.2 Å². The number of nitrogens with zero attached hydrogens (tertiary/aromatic N) is 1. The maximum absolute atomic E-state index is 13.3. The van der Waals surface area contributed by atoms with Crippen LogP contribution in [0.1, 0.15) is 60.0 Å². The molecule has 3 aromatic carbocycles. The molecule has 1 atom stereocenters. The average Bonchev–Trinajstić information content (AvgIpc) is 3.13. The number of hydrogen-bond donors (Lipinski definition) is 1. The summed E-state index contributed by atoms with van der Waals surface area (Å²) in [6, 6.07) is 22.0. The van der Waals surface area contributed by atoms with Crippen molar-refractivity contribution in [1.29, 1.82) is 0 Å². The second-order valence-electron chi connectivity index (χ2n) is 9.36. The van der Waals surface area contributed by atoms with E-state index in [0.29, 0.717) is 12.2 Å².